The summed E-state index contributed by atoms with van der Waals surface area (Å²) in [4.78, 5) is 106. The third-order valence-corrected chi connectivity index (χ3v) is 16.0. The molecule has 0 aliphatic heterocycles. The molecule has 2 heterocycles. The lowest BCUT2D eigenvalue weighted by molar-refractivity contribution is -0.144. The zero-order valence-corrected chi connectivity index (χ0v) is 53.5. The van der Waals surface area contributed by atoms with Crippen LogP contribution in [0.4, 0.5) is 0 Å². The largest absolute Gasteiger partial charge is 0.481 e. The van der Waals surface area contributed by atoms with Crippen LogP contribution in [0.15, 0.2) is 12.5 Å². The fraction of sp³-hybridized carbons (Fsp3) is 0.803. The van der Waals surface area contributed by atoms with Crippen molar-refractivity contribution in [3.05, 3.63) is 24.0 Å². The van der Waals surface area contributed by atoms with Crippen LogP contribution in [0.3, 0.4) is 0 Å². The number of unbranched alkanes of at least 4 members (excludes halogenated alkanes) is 21. The van der Waals surface area contributed by atoms with Gasteiger partial charge in [-0.05, 0) is 83.8 Å². The van der Waals surface area contributed by atoms with Crippen LogP contribution in [-0.2, 0) is 76.2 Å². The lowest BCUT2D eigenvalue weighted by Crippen LogP contribution is -2.41. The summed E-state index contributed by atoms with van der Waals surface area (Å²) >= 11 is 0. The highest BCUT2D eigenvalue weighted by Gasteiger charge is 2.23. The van der Waals surface area contributed by atoms with Crippen LogP contribution in [0.1, 0.15) is 246 Å². The number of hydrogen-bond acceptors (Lipinski definition) is 16. The molecule has 0 saturated carbocycles. The second kappa shape index (κ2) is 48.1. The number of aromatic amines is 1. The lowest BCUT2D eigenvalue weighted by atomic mass is 9.94. The summed E-state index contributed by atoms with van der Waals surface area (Å²) < 4.78 is 37.7. The number of carboxylic acid groups (broad SMARTS) is 2. The van der Waals surface area contributed by atoms with Gasteiger partial charge in [0.1, 0.15) is 18.4 Å². The fourth-order valence-electron chi connectivity index (χ4n) is 9.52. The first-order valence-electron chi connectivity index (χ1n) is 32.3. The minimum absolute atomic E-state index is 0. The predicted octanol–water partition coefficient (Wildman–Crippen LogP) is 7.72. The van der Waals surface area contributed by atoms with E-state index in [1.54, 1.807) is 11.0 Å². The number of amides is 5. The number of tetrazole rings is 1. The van der Waals surface area contributed by atoms with E-state index in [0.29, 0.717) is 51.6 Å². The van der Waals surface area contributed by atoms with Gasteiger partial charge in [0.05, 0.1) is 43.4 Å². The number of aryl methyl sites for hydroxylation is 2. The fourth-order valence-corrected chi connectivity index (χ4v) is 10.6. The molecule has 0 aliphatic carbocycles. The van der Waals surface area contributed by atoms with Gasteiger partial charge in [-0.3, -0.25) is 38.3 Å². The first kappa shape index (κ1) is 77.2. The number of H-pyrrole nitrogens is 1. The molecule has 498 valence electrons. The van der Waals surface area contributed by atoms with Gasteiger partial charge in [-0.2, -0.15) is 4.80 Å². The summed E-state index contributed by atoms with van der Waals surface area (Å²) in [5.41, 5.74) is 0.671. The lowest BCUT2D eigenvalue weighted by Gasteiger charge is -2.15. The van der Waals surface area contributed by atoms with Gasteiger partial charge in [0.25, 0.3) is 0 Å². The summed E-state index contributed by atoms with van der Waals surface area (Å²) in [6, 6.07) is -1.19. The zero-order valence-electron chi connectivity index (χ0n) is 52.7. The van der Waals surface area contributed by atoms with Crippen LogP contribution in [0.25, 0.3) is 0 Å². The maximum absolute atomic E-state index is 12.5. The molecule has 0 unspecified atom stereocenters. The molecule has 0 saturated heterocycles. The predicted molar refractivity (Wildman–Crippen MR) is 332 cm³/mol. The molecule has 0 aromatic carbocycles. The normalized spacial score (nSPS) is 12.3. The van der Waals surface area contributed by atoms with Gasteiger partial charge in [-0.25, -0.2) is 18.2 Å². The molecule has 8 N–H and O–H groups in total. The average molecular weight is 1250 g/mol. The number of hydrogen-bond donors (Lipinski definition) is 8. The number of carbonyl (C=O) groups excluding carboxylic acids is 6. The second-order valence-electron chi connectivity index (χ2n) is 23.7. The number of aliphatic carboxylic acids is 2. The van der Waals surface area contributed by atoms with E-state index >= 15 is 0 Å². The maximum Gasteiger partial charge on any atom is 0.326 e. The van der Waals surface area contributed by atoms with Crippen molar-refractivity contribution in [3.8, 4) is 0 Å². The Morgan fingerprint density at radius 2 is 1.10 bits per heavy atom. The van der Waals surface area contributed by atoms with Crippen LogP contribution >= 0.6 is 0 Å². The zero-order chi connectivity index (χ0) is 63.8. The topological polar surface area (TPSA) is 362 Å². The summed E-state index contributed by atoms with van der Waals surface area (Å²) in [5, 5.41) is 42.6. The molecule has 5 amide bonds. The minimum atomic E-state index is -3.79. The summed E-state index contributed by atoms with van der Waals surface area (Å²) in [6.07, 6.45) is 29.3. The van der Waals surface area contributed by atoms with Crippen LogP contribution in [0.5, 0.6) is 0 Å². The van der Waals surface area contributed by atoms with E-state index in [1.807, 2.05) is 0 Å². The number of nitrogens with one attached hydrogen (secondary N) is 6. The molecular formula is C61H109N11O14S. The standard InChI is InChI=1S/C61H107N11O14S.H2/c1-61(2,3)72-69-53(68-71-72)30-22-18-14-10-7-5-4-6-8-11-16-20-24-32-57(77)70-87(83,84)44-28-33-54(74)63-38-26-21-17-13-9-12-15-19-23-31-56(76)67-52(60(81)82)36-37-55(75)65-40-41-85-42-43-86-47-58(78)64-39-27-25-29-49(59(79)80)45-51(73)35-34-50-46-62-48-66-50;/h46,48-49,52H,4-45,47H2,1-3H3,(H,62,66)(H,63,74)(H,64,78)(H,65,75)(H,67,76)(H,70,77)(H,79,80)(H,81,82);1H/t49-,52+;/m1./s1. The van der Waals surface area contributed by atoms with Gasteiger partial charge in [0.2, 0.25) is 39.6 Å². The van der Waals surface area contributed by atoms with Crippen molar-refractivity contribution in [3.63, 3.8) is 0 Å². The Morgan fingerprint density at radius 3 is 1.68 bits per heavy atom. The molecule has 2 rings (SSSR count). The number of carbonyl (C=O) groups is 8. The Hall–Kier alpha value is -5.89. The van der Waals surface area contributed by atoms with E-state index < -0.39 is 39.8 Å². The molecule has 2 aromatic rings. The average Bonchev–Trinajstić information content (AvgIpc) is 4.38. The van der Waals surface area contributed by atoms with E-state index in [1.165, 1.54) is 57.7 Å². The third-order valence-electron chi connectivity index (χ3n) is 14.7. The van der Waals surface area contributed by atoms with Crippen molar-refractivity contribution < 1.29 is 67.9 Å². The SMILES string of the molecule is CC(C)(C)n1nnc(CCCCCCCCCCCCCCCC(=O)NS(=O)(=O)CCCC(=O)NCCCCCCCCCCCC(=O)N[C@@H](CCC(=O)NCCOCCOCC(=O)NCCCC[C@H](CC(=O)CCc2cnc[nH]2)C(=O)O)C(=O)O)n1.[HH]. The van der Waals surface area contributed by atoms with Gasteiger partial charge in [0.15, 0.2) is 5.82 Å². The molecule has 26 heteroatoms. The number of imidazole rings is 1. The number of nitrogens with zero attached hydrogens (tertiary/aromatic N) is 5. The number of sulfonamides is 1. The van der Waals surface area contributed by atoms with Crippen LogP contribution < -0.4 is 26.0 Å². The second-order valence-corrected chi connectivity index (χ2v) is 25.5. The smallest absolute Gasteiger partial charge is 0.326 e. The minimum Gasteiger partial charge on any atom is -0.481 e. The summed E-state index contributed by atoms with van der Waals surface area (Å²) in [7, 11) is -3.79. The van der Waals surface area contributed by atoms with Crippen molar-refractivity contribution in [2.75, 3.05) is 51.8 Å². The Bertz CT molecular complexity index is 2360. The number of carboxylic acids is 2. The number of rotatable bonds is 57. The Kier molecular flexibility index (Phi) is 42.7. The van der Waals surface area contributed by atoms with E-state index in [9.17, 15) is 57.0 Å². The van der Waals surface area contributed by atoms with Crippen molar-refractivity contribution in [1.82, 2.24) is 56.2 Å². The van der Waals surface area contributed by atoms with Gasteiger partial charge in [0, 0.05) is 77.9 Å². The molecule has 2 aromatic heterocycles. The highest BCUT2D eigenvalue weighted by molar-refractivity contribution is 7.90. The Labute approximate surface area is 518 Å². The van der Waals surface area contributed by atoms with Crippen LogP contribution in [0.2, 0.25) is 0 Å². The van der Waals surface area contributed by atoms with Gasteiger partial charge < -0.3 is 45.9 Å². The molecule has 0 aliphatic rings. The van der Waals surface area contributed by atoms with Crippen molar-refractivity contribution >= 4 is 57.3 Å². The highest BCUT2D eigenvalue weighted by atomic mass is 32.2. The number of ketones is 1. The van der Waals surface area contributed by atoms with E-state index in [4.69, 9.17) is 9.47 Å². The van der Waals surface area contributed by atoms with E-state index in [2.05, 4.69) is 72.1 Å². The van der Waals surface area contributed by atoms with Crippen molar-refractivity contribution in [2.24, 2.45) is 5.92 Å². The molecule has 0 spiro atoms. The maximum atomic E-state index is 12.5. The first-order valence-corrected chi connectivity index (χ1v) is 33.9. The van der Waals surface area contributed by atoms with E-state index in [0.717, 1.165) is 95.0 Å². The quantitative estimate of drug-likeness (QED) is 0.0294. The Balaban J connectivity index is 0.0000387. The van der Waals surface area contributed by atoms with Crippen molar-refractivity contribution in [2.45, 2.75) is 257 Å². The van der Waals surface area contributed by atoms with Crippen LogP contribution in [-0.4, -0.2) is 154 Å². The number of ether oxygens (including phenoxy) is 2. The summed E-state index contributed by atoms with van der Waals surface area (Å²) in [5.74, 6) is -4.40. The highest BCUT2D eigenvalue weighted by Crippen LogP contribution is 2.18. The third kappa shape index (κ3) is 43.4. The summed E-state index contributed by atoms with van der Waals surface area (Å²) in [6.45, 7) is 7.49. The van der Waals surface area contributed by atoms with Crippen LogP contribution in [0, 0.1) is 5.92 Å². The molecule has 0 bridgehead atoms. The monoisotopic (exact) mass is 1250 g/mol. The molecular weight excluding hydrogens is 1140 g/mol. The van der Waals surface area contributed by atoms with Gasteiger partial charge in [-0.15, -0.1) is 10.2 Å². The van der Waals surface area contributed by atoms with Gasteiger partial charge in [-0.1, -0.05) is 122 Å². The van der Waals surface area contributed by atoms with Gasteiger partial charge >= 0.3 is 11.9 Å². The van der Waals surface area contributed by atoms with E-state index in [-0.39, 0.29) is 126 Å². The molecule has 0 radical (unpaired) electrons. The first-order chi connectivity index (χ1) is 41.7. The number of aromatic nitrogens is 6. The molecule has 87 heavy (non-hydrogen) atoms. The van der Waals surface area contributed by atoms with Crippen molar-refractivity contribution in [1.29, 1.82) is 0 Å². The Morgan fingerprint density at radius 1 is 0.575 bits per heavy atom. The molecule has 25 nitrogen and oxygen atoms in total. The molecule has 0 fully saturated rings. The number of Topliss-reactive ketones (excluding diaryl/α,β-unsaturated/α-hetero) is 1. The molecule has 2 atom stereocenters.